The van der Waals surface area contributed by atoms with Crippen LogP contribution < -0.4 is 5.32 Å². The second kappa shape index (κ2) is 12.6. The molecule has 0 heterocycles. The van der Waals surface area contributed by atoms with Crippen LogP contribution in [0, 0.1) is 6.92 Å². The fraction of sp³-hybridized carbons (Fsp3) is 0.229. The maximum Gasteiger partial charge on any atom is 0.305 e. The SMILES string of the molecule is Cc1ccc(CCN(CCC(=O)O)C(=O)c2ccccc2-c2ccccc2C(=O)NC2CCc3ccccc32)cc1. The molecule has 0 aliphatic heterocycles. The normalized spacial score (nSPS) is 13.8. The highest BCUT2D eigenvalue weighted by Crippen LogP contribution is 2.33. The molecule has 0 aromatic heterocycles. The molecule has 208 valence electrons. The molecule has 1 unspecified atom stereocenters. The van der Waals surface area contributed by atoms with Crippen LogP contribution in [0.5, 0.6) is 0 Å². The lowest BCUT2D eigenvalue weighted by molar-refractivity contribution is -0.137. The molecule has 4 aromatic carbocycles. The number of nitrogens with one attached hydrogen (secondary N) is 1. The number of carbonyl (C=O) groups is 3. The fourth-order valence-electron chi connectivity index (χ4n) is 5.50. The van der Waals surface area contributed by atoms with Crippen molar-refractivity contribution >= 4 is 17.8 Å². The molecular formula is C35H34N2O4. The number of carboxylic acid groups (broad SMARTS) is 1. The molecule has 0 saturated carbocycles. The lowest BCUT2D eigenvalue weighted by Crippen LogP contribution is -2.35. The summed E-state index contributed by atoms with van der Waals surface area (Å²) in [7, 11) is 0. The van der Waals surface area contributed by atoms with Crippen molar-refractivity contribution in [1.82, 2.24) is 10.2 Å². The Morgan fingerprint density at radius 3 is 2.17 bits per heavy atom. The molecule has 0 radical (unpaired) electrons. The quantitative estimate of drug-likeness (QED) is 0.247. The molecule has 1 aliphatic carbocycles. The molecule has 0 fully saturated rings. The van der Waals surface area contributed by atoms with Crippen molar-refractivity contribution in [2.24, 2.45) is 0 Å². The van der Waals surface area contributed by atoms with Crippen LogP contribution in [0.3, 0.4) is 0 Å². The molecule has 4 aromatic rings. The van der Waals surface area contributed by atoms with Crippen LogP contribution in [-0.2, 0) is 17.6 Å². The van der Waals surface area contributed by atoms with Gasteiger partial charge >= 0.3 is 5.97 Å². The fourth-order valence-corrected chi connectivity index (χ4v) is 5.50. The number of hydrogen-bond donors (Lipinski definition) is 2. The number of aliphatic carboxylic acids is 1. The topological polar surface area (TPSA) is 86.7 Å². The Labute approximate surface area is 240 Å². The van der Waals surface area contributed by atoms with Gasteiger partial charge in [0.15, 0.2) is 0 Å². The highest BCUT2D eigenvalue weighted by molar-refractivity contribution is 6.06. The highest BCUT2D eigenvalue weighted by atomic mass is 16.4. The number of fused-ring (bicyclic) bond motifs is 1. The van der Waals surface area contributed by atoms with E-state index >= 15 is 0 Å². The number of amides is 2. The zero-order valence-corrected chi connectivity index (χ0v) is 23.2. The maximum atomic E-state index is 14.0. The molecule has 5 rings (SSSR count). The predicted molar refractivity (Wildman–Crippen MR) is 160 cm³/mol. The third-order valence-electron chi connectivity index (χ3n) is 7.73. The minimum atomic E-state index is -0.957. The van der Waals surface area contributed by atoms with E-state index < -0.39 is 5.97 Å². The first-order valence-corrected chi connectivity index (χ1v) is 14.0. The lowest BCUT2D eigenvalue weighted by atomic mass is 9.94. The van der Waals surface area contributed by atoms with Crippen molar-refractivity contribution in [3.05, 3.63) is 130 Å². The van der Waals surface area contributed by atoms with Gasteiger partial charge < -0.3 is 15.3 Å². The Balaban J connectivity index is 1.42. The standard InChI is InChI=1S/C35H34N2O4/c1-24-14-16-25(17-15-24)20-22-37(23-21-33(38)39)35(41)31-13-7-5-11-29(31)28-10-4-6-12-30(28)34(40)36-32-19-18-26-8-2-3-9-27(26)32/h2-17,32H,18-23H2,1H3,(H,36,40)(H,38,39). The predicted octanol–water partition coefficient (Wildman–Crippen LogP) is 6.24. The van der Waals surface area contributed by atoms with Crippen molar-refractivity contribution in [3.63, 3.8) is 0 Å². The van der Waals surface area contributed by atoms with E-state index in [0.717, 1.165) is 29.5 Å². The summed E-state index contributed by atoms with van der Waals surface area (Å²) in [4.78, 5) is 40.6. The Morgan fingerprint density at radius 2 is 1.44 bits per heavy atom. The van der Waals surface area contributed by atoms with Crippen LogP contribution in [0.15, 0.2) is 97.1 Å². The van der Waals surface area contributed by atoms with Gasteiger partial charge in [0.2, 0.25) is 0 Å². The van der Waals surface area contributed by atoms with E-state index in [0.29, 0.717) is 35.2 Å². The first kappa shape index (κ1) is 27.8. The van der Waals surface area contributed by atoms with E-state index in [1.54, 1.807) is 23.1 Å². The molecule has 0 spiro atoms. The summed E-state index contributed by atoms with van der Waals surface area (Å²) in [6.07, 6.45) is 2.23. The van der Waals surface area contributed by atoms with Crippen molar-refractivity contribution in [3.8, 4) is 11.1 Å². The second-order valence-corrected chi connectivity index (χ2v) is 10.5. The molecule has 41 heavy (non-hydrogen) atoms. The zero-order valence-electron chi connectivity index (χ0n) is 23.2. The highest BCUT2D eigenvalue weighted by Gasteiger charge is 2.26. The first-order chi connectivity index (χ1) is 19.9. The van der Waals surface area contributed by atoms with E-state index in [2.05, 4.69) is 17.4 Å². The van der Waals surface area contributed by atoms with Gasteiger partial charge in [0.1, 0.15) is 0 Å². The van der Waals surface area contributed by atoms with Gasteiger partial charge in [-0.2, -0.15) is 0 Å². The number of benzene rings is 4. The summed E-state index contributed by atoms with van der Waals surface area (Å²) in [5.41, 5.74) is 6.88. The maximum absolute atomic E-state index is 14.0. The summed E-state index contributed by atoms with van der Waals surface area (Å²) in [6, 6.07) is 30.8. The molecule has 6 nitrogen and oxygen atoms in total. The van der Waals surface area contributed by atoms with E-state index in [-0.39, 0.29) is 30.8 Å². The van der Waals surface area contributed by atoms with Crippen molar-refractivity contribution < 1.29 is 19.5 Å². The summed E-state index contributed by atoms with van der Waals surface area (Å²) in [5.74, 6) is -1.40. The number of hydrogen-bond acceptors (Lipinski definition) is 3. The summed E-state index contributed by atoms with van der Waals surface area (Å²) in [6.45, 7) is 2.50. The van der Waals surface area contributed by atoms with Gasteiger partial charge in [0.05, 0.1) is 12.5 Å². The molecule has 2 amide bonds. The largest absolute Gasteiger partial charge is 0.481 e. The molecule has 1 aliphatic rings. The number of aryl methyl sites for hydroxylation is 2. The Hall–Kier alpha value is -4.71. The average Bonchev–Trinajstić information content (AvgIpc) is 3.40. The Kier molecular flexibility index (Phi) is 8.59. The minimum Gasteiger partial charge on any atom is -0.481 e. The lowest BCUT2D eigenvalue weighted by Gasteiger charge is -2.24. The Morgan fingerprint density at radius 1 is 0.805 bits per heavy atom. The summed E-state index contributed by atoms with van der Waals surface area (Å²) in [5, 5.41) is 12.6. The van der Waals surface area contributed by atoms with Crippen molar-refractivity contribution in [1.29, 1.82) is 0 Å². The summed E-state index contributed by atoms with van der Waals surface area (Å²) < 4.78 is 0. The van der Waals surface area contributed by atoms with E-state index in [4.69, 9.17) is 0 Å². The van der Waals surface area contributed by atoms with Gasteiger partial charge in [0, 0.05) is 24.2 Å². The number of carboxylic acids is 1. The second-order valence-electron chi connectivity index (χ2n) is 10.5. The van der Waals surface area contributed by atoms with Crippen LogP contribution in [0.1, 0.15) is 61.9 Å². The Bertz CT molecular complexity index is 1560. The van der Waals surface area contributed by atoms with Crippen LogP contribution in [-0.4, -0.2) is 40.9 Å². The van der Waals surface area contributed by atoms with Crippen molar-refractivity contribution in [2.45, 2.75) is 38.6 Å². The first-order valence-electron chi connectivity index (χ1n) is 14.0. The van der Waals surface area contributed by atoms with Gasteiger partial charge in [-0.15, -0.1) is 0 Å². The molecule has 0 bridgehead atoms. The van der Waals surface area contributed by atoms with Gasteiger partial charge in [-0.25, -0.2) is 0 Å². The number of carbonyl (C=O) groups excluding carboxylic acids is 2. The average molecular weight is 547 g/mol. The van der Waals surface area contributed by atoms with Crippen LogP contribution >= 0.6 is 0 Å². The van der Waals surface area contributed by atoms with Crippen LogP contribution in [0.2, 0.25) is 0 Å². The molecule has 6 heteroatoms. The summed E-state index contributed by atoms with van der Waals surface area (Å²) >= 11 is 0. The minimum absolute atomic E-state index is 0.0584. The number of nitrogens with zero attached hydrogens (tertiary/aromatic N) is 1. The van der Waals surface area contributed by atoms with E-state index in [1.165, 1.54) is 5.56 Å². The van der Waals surface area contributed by atoms with E-state index in [1.807, 2.05) is 73.7 Å². The molecule has 2 N–H and O–H groups in total. The van der Waals surface area contributed by atoms with Gasteiger partial charge in [-0.3, -0.25) is 14.4 Å². The van der Waals surface area contributed by atoms with Crippen LogP contribution in [0.4, 0.5) is 0 Å². The molecule has 0 saturated heterocycles. The third-order valence-corrected chi connectivity index (χ3v) is 7.73. The van der Waals surface area contributed by atoms with Crippen molar-refractivity contribution in [2.75, 3.05) is 13.1 Å². The molecular weight excluding hydrogens is 512 g/mol. The smallest absolute Gasteiger partial charge is 0.305 e. The van der Waals surface area contributed by atoms with Gasteiger partial charge in [-0.1, -0.05) is 90.5 Å². The number of rotatable bonds is 10. The van der Waals surface area contributed by atoms with Gasteiger partial charge in [-0.05, 0) is 66.1 Å². The van der Waals surface area contributed by atoms with Crippen LogP contribution in [0.25, 0.3) is 11.1 Å². The van der Waals surface area contributed by atoms with Gasteiger partial charge in [0.25, 0.3) is 11.8 Å². The van der Waals surface area contributed by atoms with E-state index in [9.17, 15) is 19.5 Å². The molecule has 1 atom stereocenters. The monoisotopic (exact) mass is 546 g/mol. The zero-order chi connectivity index (χ0) is 28.8. The third kappa shape index (κ3) is 6.55.